The molecule has 1 atom stereocenters. The number of nitrogens with one attached hydrogen (secondary N) is 1. The lowest BCUT2D eigenvalue weighted by molar-refractivity contribution is -0.135. The Kier molecular flexibility index (Phi) is 4.90. The predicted molar refractivity (Wildman–Crippen MR) is 55.0 cm³/mol. The van der Waals surface area contributed by atoms with Crippen LogP contribution >= 0.6 is 0 Å². The van der Waals surface area contributed by atoms with Gasteiger partial charge >= 0.3 is 0 Å². The van der Waals surface area contributed by atoms with Crippen LogP contribution in [0.25, 0.3) is 0 Å². The molecule has 0 aliphatic carbocycles. The number of aliphatic hydroxyl groups is 1. The Bertz CT molecular complexity index is 185. The van der Waals surface area contributed by atoms with Gasteiger partial charge in [0.1, 0.15) is 0 Å². The fourth-order valence-electron chi connectivity index (χ4n) is 1.75. The second-order valence-corrected chi connectivity index (χ2v) is 3.67. The molecule has 2 N–H and O–H groups in total. The first-order valence-corrected chi connectivity index (χ1v) is 5.42. The maximum absolute atomic E-state index is 11.8. The summed E-state index contributed by atoms with van der Waals surface area (Å²) in [6.45, 7) is 4.73. The zero-order valence-electron chi connectivity index (χ0n) is 8.83. The van der Waals surface area contributed by atoms with Crippen LogP contribution in [0.2, 0.25) is 0 Å². The second-order valence-electron chi connectivity index (χ2n) is 3.67. The van der Waals surface area contributed by atoms with E-state index in [0.717, 1.165) is 38.9 Å². The summed E-state index contributed by atoms with van der Waals surface area (Å²) in [4.78, 5) is 13.7. The van der Waals surface area contributed by atoms with E-state index >= 15 is 0 Å². The molecule has 4 heteroatoms. The summed E-state index contributed by atoms with van der Waals surface area (Å²) < 4.78 is 0. The van der Waals surface area contributed by atoms with Gasteiger partial charge in [0.15, 0.2) is 0 Å². The van der Waals surface area contributed by atoms with Crippen molar-refractivity contribution in [1.29, 1.82) is 0 Å². The molecule has 0 saturated carbocycles. The highest BCUT2D eigenvalue weighted by Gasteiger charge is 2.25. The Morgan fingerprint density at radius 2 is 2.36 bits per heavy atom. The van der Waals surface area contributed by atoms with Crippen LogP contribution in [-0.2, 0) is 4.79 Å². The molecule has 0 aromatic carbocycles. The first-order chi connectivity index (χ1) is 6.79. The number of hydrogen-bond donors (Lipinski definition) is 2. The SMILES string of the molecule is CCC1NCCN(CCCCO)C1=O. The van der Waals surface area contributed by atoms with Gasteiger partial charge < -0.3 is 15.3 Å². The number of nitrogens with zero attached hydrogens (tertiary/aromatic N) is 1. The van der Waals surface area contributed by atoms with E-state index in [2.05, 4.69) is 5.32 Å². The number of carbonyl (C=O) groups excluding carboxylic acids is 1. The summed E-state index contributed by atoms with van der Waals surface area (Å²) in [5.74, 6) is 0.219. The van der Waals surface area contributed by atoms with E-state index in [1.54, 1.807) is 0 Å². The van der Waals surface area contributed by atoms with Crippen LogP contribution in [0.1, 0.15) is 26.2 Å². The molecule has 0 aromatic rings. The quantitative estimate of drug-likeness (QED) is 0.613. The lowest BCUT2D eigenvalue weighted by atomic mass is 10.1. The topological polar surface area (TPSA) is 52.6 Å². The molecule has 0 spiro atoms. The van der Waals surface area contributed by atoms with Crippen LogP contribution in [0.4, 0.5) is 0 Å². The fourth-order valence-corrected chi connectivity index (χ4v) is 1.75. The molecule has 0 aromatic heterocycles. The molecule has 14 heavy (non-hydrogen) atoms. The third-order valence-electron chi connectivity index (χ3n) is 2.63. The summed E-state index contributed by atoms with van der Waals surface area (Å²) in [5.41, 5.74) is 0. The van der Waals surface area contributed by atoms with E-state index in [1.807, 2.05) is 11.8 Å². The lowest BCUT2D eigenvalue weighted by Gasteiger charge is -2.32. The number of hydrogen-bond acceptors (Lipinski definition) is 3. The van der Waals surface area contributed by atoms with Gasteiger partial charge in [0.25, 0.3) is 0 Å². The Hall–Kier alpha value is -0.610. The lowest BCUT2D eigenvalue weighted by Crippen LogP contribution is -2.54. The number of unbranched alkanes of at least 4 members (excludes halogenated alkanes) is 1. The summed E-state index contributed by atoms with van der Waals surface area (Å²) in [6.07, 6.45) is 2.54. The summed E-state index contributed by atoms with van der Waals surface area (Å²) >= 11 is 0. The third kappa shape index (κ3) is 2.96. The number of rotatable bonds is 5. The van der Waals surface area contributed by atoms with Gasteiger partial charge in [-0.25, -0.2) is 0 Å². The Balaban J connectivity index is 2.32. The van der Waals surface area contributed by atoms with Gasteiger partial charge in [0.05, 0.1) is 6.04 Å². The third-order valence-corrected chi connectivity index (χ3v) is 2.63. The minimum atomic E-state index is 0.0119. The van der Waals surface area contributed by atoms with E-state index < -0.39 is 0 Å². The zero-order chi connectivity index (χ0) is 10.4. The van der Waals surface area contributed by atoms with Gasteiger partial charge in [-0.3, -0.25) is 4.79 Å². The summed E-state index contributed by atoms with van der Waals surface area (Å²) in [6, 6.07) is 0.0119. The molecule has 1 saturated heterocycles. The van der Waals surface area contributed by atoms with E-state index in [1.165, 1.54) is 0 Å². The highest BCUT2D eigenvalue weighted by molar-refractivity contribution is 5.82. The van der Waals surface area contributed by atoms with Crippen LogP contribution in [0.15, 0.2) is 0 Å². The molecule has 1 aliphatic heterocycles. The van der Waals surface area contributed by atoms with Gasteiger partial charge in [-0.1, -0.05) is 6.92 Å². The first kappa shape index (κ1) is 11.5. The average Bonchev–Trinajstić information content (AvgIpc) is 2.21. The number of carbonyl (C=O) groups is 1. The Morgan fingerprint density at radius 3 is 3.00 bits per heavy atom. The van der Waals surface area contributed by atoms with Crippen LogP contribution in [-0.4, -0.2) is 48.2 Å². The molecule has 1 heterocycles. The van der Waals surface area contributed by atoms with Gasteiger partial charge in [-0.15, -0.1) is 0 Å². The maximum Gasteiger partial charge on any atom is 0.239 e. The molecule has 0 radical (unpaired) electrons. The van der Waals surface area contributed by atoms with Crippen molar-refractivity contribution in [2.24, 2.45) is 0 Å². The monoisotopic (exact) mass is 200 g/mol. The minimum Gasteiger partial charge on any atom is -0.396 e. The minimum absolute atomic E-state index is 0.0119. The maximum atomic E-state index is 11.8. The predicted octanol–water partition coefficient (Wildman–Crippen LogP) is -0.0307. The van der Waals surface area contributed by atoms with E-state index in [0.29, 0.717) is 0 Å². The van der Waals surface area contributed by atoms with Crippen molar-refractivity contribution in [3.63, 3.8) is 0 Å². The van der Waals surface area contributed by atoms with Crippen molar-refractivity contribution in [2.45, 2.75) is 32.2 Å². The highest BCUT2D eigenvalue weighted by atomic mass is 16.3. The average molecular weight is 200 g/mol. The molecular weight excluding hydrogens is 180 g/mol. The van der Waals surface area contributed by atoms with Crippen molar-refractivity contribution in [3.8, 4) is 0 Å². The molecule has 1 rings (SSSR count). The smallest absolute Gasteiger partial charge is 0.239 e. The fraction of sp³-hybridized carbons (Fsp3) is 0.900. The van der Waals surface area contributed by atoms with Crippen LogP contribution < -0.4 is 5.32 Å². The highest BCUT2D eigenvalue weighted by Crippen LogP contribution is 2.05. The zero-order valence-corrected chi connectivity index (χ0v) is 8.83. The molecule has 1 amide bonds. The molecule has 82 valence electrons. The summed E-state index contributed by atoms with van der Waals surface area (Å²) in [7, 11) is 0. The van der Waals surface area contributed by atoms with Gasteiger partial charge in [0, 0.05) is 26.2 Å². The first-order valence-electron chi connectivity index (χ1n) is 5.42. The number of piperazine rings is 1. The van der Waals surface area contributed by atoms with Crippen molar-refractivity contribution in [1.82, 2.24) is 10.2 Å². The van der Waals surface area contributed by atoms with Gasteiger partial charge in [0.2, 0.25) is 5.91 Å². The molecule has 0 bridgehead atoms. The van der Waals surface area contributed by atoms with Crippen molar-refractivity contribution >= 4 is 5.91 Å². The van der Waals surface area contributed by atoms with E-state index in [4.69, 9.17) is 5.11 Å². The van der Waals surface area contributed by atoms with Crippen molar-refractivity contribution in [2.75, 3.05) is 26.2 Å². The molecule has 1 unspecified atom stereocenters. The van der Waals surface area contributed by atoms with Gasteiger partial charge in [-0.2, -0.15) is 0 Å². The molecular formula is C10H20N2O2. The van der Waals surface area contributed by atoms with Crippen LogP contribution in [0.5, 0.6) is 0 Å². The van der Waals surface area contributed by atoms with Crippen LogP contribution in [0.3, 0.4) is 0 Å². The Morgan fingerprint density at radius 1 is 1.57 bits per heavy atom. The van der Waals surface area contributed by atoms with Crippen LogP contribution in [0, 0.1) is 0 Å². The summed E-state index contributed by atoms with van der Waals surface area (Å²) in [5, 5.41) is 11.8. The number of aliphatic hydroxyl groups excluding tert-OH is 1. The normalized spacial score (nSPS) is 22.9. The second kappa shape index (κ2) is 5.98. The molecule has 4 nitrogen and oxygen atoms in total. The molecule has 1 fully saturated rings. The van der Waals surface area contributed by atoms with E-state index in [-0.39, 0.29) is 18.6 Å². The largest absolute Gasteiger partial charge is 0.396 e. The standard InChI is InChI=1S/C10H20N2O2/c1-2-9-10(14)12(7-5-11-9)6-3-4-8-13/h9,11,13H,2-8H2,1H3. The van der Waals surface area contributed by atoms with Crippen molar-refractivity contribution < 1.29 is 9.90 Å². The Labute approximate surface area is 85.3 Å². The van der Waals surface area contributed by atoms with Crippen molar-refractivity contribution in [3.05, 3.63) is 0 Å². The number of amides is 1. The molecule has 1 aliphatic rings. The van der Waals surface area contributed by atoms with E-state index in [9.17, 15) is 4.79 Å². The van der Waals surface area contributed by atoms with Gasteiger partial charge in [-0.05, 0) is 19.3 Å².